The number of hydrogen-bond donors (Lipinski definition) is 1. The second kappa shape index (κ2) is 9.41. The second-order valence-corrected chi connectivity index (χ2v) is 8.27. The van der Waals surface area contributed by atoms with Gasteiger partial charge in [-0.25, -0.2) is 8.51 Å². The van der Waals surface area contributed by atoms with Crippen molar-refractivity contribution >= 4 is 32.8 Å². The van der Waals surface area contributed by atoms with Gasteiger partial charge in [-0.2, -0.15) is 0 Å². The van der Waals surface area contributed by atoms with Crippen molar-refractivity contribution < 1.29 is 13.7 Å². The van der Waals surface area contributed by atoms with Crippen LogP contribution in [0.1, 0.15) is 22.3 Å². The predicted octanol–water partition coefficient (Wildman–Crippen LogP) is 3.12. The number of benzene rings is 2. The van der Waals surface area contributed by atoms with Crippen LogP contribution in [0.2, 0.25) is 0 Å². The third-order valence-corrected chi connectivity index (χ3v) is 6.60. The normalized spacial score (nSPS) is 16.7. The molecular formula is C19H21BrN2O3S. The molecule has 1 fully saturated rings. The highest BCUT2D eigenvalue weighted by atomic mass is 79.9. The fourth-order valence-electron chi connectivity index (χ4n) is 2.69. The first kappa shape index (κ1) is 19.2. The molecule has 0 spiro atoms. The molecule has 0 aliphatic carbocycles. The quantitative estimate of drug-likeness (QED) is 0.782. The van der Waals surface area contributed by atoms with E-state index in [1.54, 1.807) is 18.2 Å². The molecule has 1 aliphatic rings. The van der Waals surface area contributed by atoms with Crippen molar-refractivity contribution in [3.05, 3.63) is 64.1 Å². The minimum atomic E-state index is -1.33. The van der Waals surface area contributed by atoms with Gasteiger partial charge >= 0.3 is 0 Å². The largest absolute Gasteiger partial charge is 0.380 e. The standard InChI is InChI=1S/C19H21BrN2O3S/c20-17-8-7-16(19(23)21-14-15-5-2-1-3-6-15)13-18(17)26(24)22-9-4-11-25-12-10-22/h1-3,5-8,13H,4,9-12,14H2,(H,21,23). The minimum absolute atomic E-state index is 0.182. The van der Waals surface area contributed by atoms with Gasteiger partial charge in [0, 0.05) is 36.3 Å². The predicted molar refractivity (Wildman–Crippen MR) is 105 cm³/mol. The van der Waals surface area contributed by atoms with Crippen molar-refractivity contribution in [1.82, 2.24) is 9.62 Å². The van der Waals surface area contributed by atoms with Crippen LogP contribution in [0.5, 0.6) is 0 Å². The zero-order valence-electron chi connectivity index (χ0n) is 14.3. The van der Waals surface area contributed by atoms with Crippen LogP contribution in [-0.4, -0.2) is 40.7 Å². The Balaban J connectivity index is 1.72. The summed E-state index contributed by atoms with van der Waals surface area (Å²) < 4.78 is 21.0. The van der Waals surface area contributed by atoms with Crippen LogP contribution >= 0.6 is 15.9 Å². The van der Waals surface area contributed by atoms with Crippen molar-refractivity contribution in [2.45, 2.75) is 17.9 Å². The van der Waals surface area contributed by atoms with Gasteiger partial charge in [-0.05, 0) is 46.1 Å². The summed E-state index contributed by atoms with van der Waals surface area (Å²) in [5, 5.41) is 2.90. The Morgan fingerprint density at radius 2 is 1.96 bits per heavy atom. The van der Waals surface area contributed by atoms with Gasteiger partial charge in [0.15, 0.2) is 0 Å². The number of ether oxygens (including phenoxy) is 1. The molecule has 0 aromatic heterocycles. The maximum Gasteiger partial charge on any atom is 0.251 e. The van der Waals surface area contributed by atoms with Crippen LogP contribution < -0.4 is 5.32 Å². The number of carbonyl (C=O) groups is 1. The second-order valence-electron chi connectivity index (χ2n) is 5.96. The first-order chi connectivity index (χ1) is 12.6. The Hall–Kier alpha value is -1.54. The van der Waals surface area contributed by atoms with Gasteiger partial charge < -0.3 is 10.1 Å². The first-order valence-corrected chi connectivity index (χ1v) is 10.4. The number of rotatable bonds is 5. The van der Waals surface area contributed by atoms with E-state index in [0.717, 1.165) is 16.5 Å². The molecule has 1 amide bonds. The lowest BCUT2D eigenvalue weighted by Gasteiger charge is -2.19. The van der Waals surface area contributed by atoms with Crippen LogP contribution in [0.15, 0.2) is 57.9 Å². The Morgan fingerprint density at radius 3 is 2.77 bits per heavy atom. The van der Waals surface area contributed by atoms with Crippen LogP contribution in [0.4, 0.5) is 0 Å². The molecular weight excluding hydrogens is 416 g/mol. The highest BCUT2D eigenvalue weighted by Crippen LogP contribution is 2.24. The molecule has 0 radical (unpaired) electrons. The highest BCUT2D eigenvalue weighted by molar-refractivity contribution is 9.10. The van der Waals surface area contributed by atoms with E-state index >= 15 is 0 Å². The van der Waals surface area contributed by atoms with Crippen LogP contribution in [0.25, 0.3) is 0 Å². The number of hydrogen-bond acceptors (Lipinski definition) is 3. The van der Waals surface area contributed by atoms with Gasteiger partial charge in [0.2, 0.25) is 0 Å². The molecule has 0 bridgehead atoms. The van der Waals surface area contributed by atoms with Gasteiger partial charge in [-0.3, -0.25) is 4.79 Å². The van der Waals surface area contributed by atoms with Crippen molar-refractivity contribution in [3.8, 4) is 0 Å². The Morgan fingerprint density at radius 1 is 1.15 bits per heavy atom. The Kier molecular flexibility index (Phi) is 6.96. The van der Waals surface area contributed by atoms with Gasteiger partial charge in [0.25, 0.3) is 5.91 Å². The van der Waals surface area contributed by atoms with Gasteiger partial charge in [0.1, 0.15) is 11.0 Å². The lowest BCUT2D eigenvalue weighted by Crippen LogP contribution is -2.29. The molecule has 2 aromatic rings. The summed E-state index contributed by atoms with van der Waals surface area (Å²) in [5.41, 5.74) is 1.53. The van der Waals surface area contributed by atoms with Crippen molar-refractivity contribution in [2.24, 2.45) is 0 Å². The molecule has 0 saturated carbocycles. The molecule has 3 rings (SSSR count). The molecule has 1 aliphatic heterocycles. The first-order valence-electron chi connectivity index (χ1n) is 8.51. The summed E-state index contributed by atoms with van der Waals surface area (Å²) in [4.78, 5) is 13.1. The molecule has 138 valence electrons. The van der Waals surface area contributed by atoms with Crippen molar-refractivity contribution in [1.29, 1.82) is 0 Å². The molecule has 1 atom stereocenters. The fourth-order valence-corrected chi connectivity index (χ4v) is 4.62. The lowest BCUT2D eigenvalue weighted by atomic mass is 10.2. The summed E-state index contributed by atoms with van der Waals surface area (Å²) in [6.45, 7) is 3.04. The monoisotopic (exact) mass is 436 g/mol. The number of nitrogens with zero attached hydrogens (tertiary/aromatic N) is 1. The number of amides is 1. The zero-order chi connectivity index (χ0) is 18.4. The van der Waals surface area contributed by atoms with E-state index in [1.165, 1.54) is 0 Å². The highest BCUT2D eigenvalue weighted by Gasteiger charge is 2.20. The summed E-state index contributed by atoms with van der Waals surface area (Å²) in [6, 6.07) is 14.9. The number of halogens is 1. The average molecular weight is 437 g/mol. The SMILES string of the molecule is O=C(NCc1ccccc1)c1ccc(Br)c(S(=O)N2CCCOCC2)c1. The van der Waals surface area contributed by atoms with Crippen molar-refractivity contribution in [2.75, 3.05) is 26.3 Å². The third-order valence-electron chi connectivity index (χ3n) is 4.09. The number of nitrogens with one attached hydrogen (secondary N) is 1. The maximum atomic E-state index is 12.9. The van der Waals surface area contributed by atoms with E-state index in [4.69, 9.17) is 4.74 Å². The van der Waals surface area contributed by atoms with Crippen LogP contribution in [0, 0.1) is 0 Å². The summed E-state index contributed by atoms with van der Waals surface area (Å²) in [7, 11) is -1.33. The van der Waals surface area contributed by atoms with E-state index in [9.17, 15) is 9.00 Å². The van der Waals surface area contributed by atoms with Gasteiger partial charge in [0.05, 0.1) is 11.5 Å². The molecule has 5 nitrogen and oxygen atoms in total. The third kappa shape index (κ3) is 5.01. The summed E-state index contributed by atoms with van der Waals surface area (Å²) in [5.74, 6) is -0.182. The molecule has 26 heavy (non-hydrogen) atoms. The minimum Gasteiger partial charge on any atom is -0.380 e. The smallest absolute Gasteiger partial charge is 0.251 e. The molecule has 7 heteroatoms. The molecule has 1 heterocycles. The van der Waals surface area contributed by atoms with E-state index in [2.05, 4.69) is 21.2 Å². The van der Waals surface area contributed by atoms with E-state index in [-0.39, 0.29) is 5.91 Å². The Labute approximate surface area is 164 Å². The van der Waals surface area contributed by atoms with E-state index in [1.807, 2.05) is 34.6 Å². The average Bonchev–Trinajstić information content (AvgIpc) is 2.96. The van der Waals surface area contributed by atoms with Crippen molar-refractivity contribution in [3.63, 3.8) is 0 Å². The molecule has 1 N–H and O–H groups in total. The maximum absolute atomic E-state index is 12.9. The van der Waals surface area contributed by atoms with Gasteiger partial charge in [-0.1, -0.05) is 30.3 Å². The van der Waals surface area contributed by atoms with Gasteiger partial charge in [-0.15, -0.1) is 0 Å². The lowest BCUT2D eigenvalue weighted by molar-refractivity contribution is 0.0950. The van der Waals surface area contributed by atoms with E-state index in [0.29, 0.717) is 43.3 Å². The molecule has 1 unspecified atom stereocenters. The fraction of sp³-hybridized carbons (Fsp3) is 0.316. The summed E-state index contributed by atoms with van der Waals surface area (Å²) >= 11 is 3.46. The van der Waals surface area contributed by atoms with E-state index < -0.39 is 11.0 Å². The topological polar surface area (TPSA) is 58.6 Å². The molecule has 2 aromatic carbocycles. The van der Waals surface area contributed by atoms with Crippen LogP contribution in [0.3, 0.4) is 0 Å². The van der Waals surface area contributed by atoms with Crippen LogP contribution in [-0.2, 0) is 22.3 Å². The summed E-state index contributed by atoms with van der Waals surface area (Å²) in [6.07, 6.45) is 0.848. The number of carbonyl (C=O) groups excluding carboxylic acids is 1. The Bertz CT molecular complexity index is 778. The molecule has 1 saturated heterocycles. The zero-order valence-corrected chi connectivity index (χ0v) is 16.7.